The number of phenols is 3. The number of hydrogen-bond acceptors (Lipinski definition) is 5. The third-order valence-corrected chi connectivity index (χ3v) is 1.71. The smallest absolute Gasteiger partial charge is 0.161 e. The molecule has 1 aromatic rings. The van der Waals surface area contributed by atoms with E-state index < -0.39 is 29.2 Å². The summed E-state index contributed by atoms with van der Waals surface area (Å²) < 4.78 is 0. The maximum absolute atomic E-state index is 9.29. The summed E-state index contributed by atoms with van der Waals surface area (Å²) in [5.41, 5.74) is 4.87. The van der Waals surface area contributed by atoms with Crippen LogP contribution < -0.4 is 5.73 Å². The molecule has 0 saturated heterocycles. The van der Waals surface area contributed by atoms with E-state index in [9.17, 15) is 10.2 Å². The van der Waals surface area contributed by atoms with Gasteiger partial charge in [0, 0.05) is 11.6 Å². The molecule has 14 heavy (non-hydrogen) atoms. The molecule has 0 aliphatic heterocycles. The highest BCUT2D eigenvalue weighted by Crippen LogP contribution is 2.35. The fourth-order valence-corrected chi connectivity index (χ4v) is 0.968. The van der Waals surface area contributed by atoms with Crippen molar-refractivity contribution >= 4 is 5.84 Å². The van der Waals surface area contributed by atoms with E-state index in [2.05, 4.69) is 0 Å². The Bertz CT molecular complexity index is 378. The minimum atomic E-state index is -1.50. The Morgan fingerprint density at radius 3 is 2.14 bits per heavy atom. The molecular weight excluding hydrogens is 188 g/mol. The summed E-state index contributed by atoms with van der Waals surface area (Å²) in [7, 11) is 0. The molecular formula is C8H10N2O4. The molecule has 76 valence electrons. The van der Waals surface area contributed by atoms with Crippen LogP contribution in [0.1, 0.15) is 11.7 Å². The number of nitrogens with one attached hydrogen (secondary N) is 1. The summed E-state index contributed by atoms with van der Waals surface area (Å²) in [4.78, 5) is 0. The normalized spacial score (nSPS) is 12.4. The molecule has 1 aromatic carbocycles. The highest BCUT2D eigenvalue weighted by Gasteiger charge is 2.17. The second-order valence-corrected chi connectivity index (χ2v) is 2.76. The zero-order valence-corrected chi connectivity index (χ0v) is 7.10. The molecule has 0 spiro atoms. The van der Waals surface area contributed by atoms with E-state index in [0.717, 1.165) is 12.1 Å². The minimum absolute atomic E-state index is 0.132. The maximum Gasteiger partial charge on any atom is 0.161 e. The molecule has 0 bridgehead atoms. The van der Waals surface area contributed by atoms with Crippen molar-refractivity contribution in [2.45, 2.75) is 6.10 Å². The third-order valence-electron chi connectivity index (χ3n) is 1.71. The van der Waals surface area contributed by atoms with E-state index in [-0.39, 0.29) is 5.56 Å². The van der Waals surface area contributed by atoms with Crippen molar-refractivity contribution in [1.82, 2.24) is 0 Å². The molecule has 0 fully saturated rings. The predicted octanol–water partition coefficient (Wildman–Crippen LogP) is -0.227. The van der Waals surface area contributed by atoms with Gasteiger partial charge in [0.15, 0.2) is 11.5 Å². The van der Waals surface area contributed by atoms with Crippen LogP contribution in [0.2, 0.25) is 0 Å². The van der Waals surface area contributed by atoms with E-state index >= 15 is 0 Å². The van der Waals surface area contributed by atoms with Gasteiger partial charge in [-0.25, -0.2) is 0 Å². The molecule has 1 atom stereocenters. The van der Waals surface area contributed by atoms with Crippen LogP contribution in [0.3, 0.4) is 0 Å². The van der Waals surface area contributed by atoms with E-state index in [1.807, 2.05) is 0 Å². The van der Waals surface area contributed by atoms with Crippen molar-refractivity contribution in [3.63, 3.8) is 0 Å². The van der Waals surface area contributed by atoms with E-state index in [4.69, 9.17) is 21.4 Å². The summed E-state index contributed by atoms with van der Waals surface area (Å²) in [6.45, 7) is 0. The molecule has 6 heteroatoms. The van der Waals surface area contributed by atoms with Gasteiger partial charge in [0.25, 0.3) is 0 Å². The Kier molecular flexibility index (Phi) is 2.48. The van der Waals surface area contributed by atoms with Crippen molar-refractivity contribution in [2.24, 2.45) is 5.73 Å². The van der Waals surface area contributed by atoms with Crippen molar-refractivity contribution < 1.29 is 20.4 Å². The Balaban J connectivity index is 3.22. The van der Waals surface area contributed by atoms with Gasteiger partial charge in [0.05, 0.1) is 0 Å². The number of phenolic OH excluding ortho intramolecular Hbond substituents is 3. The highest BCUT2D eigenvalue weighted by molar-refractivity contribution is 5.83. The number of aliphatic hydroxyl groups excluding tert-OH is 1. The summed E-state index contributed by atoms with van der Waals surface area (Å²) >= 11 is 0. The topological polar surface area (TPSA) is 131 Å². The second kappa shape index (κ2) is 3.43. The minimum Gasteiger partial charge on any atom is -0.507 e. The van der Waals surface area contributed by atoms with E-state index in [0.29, 0.717) is 0 Å². The Labute approximate surface area is 79.4 Å². The standard InChI is InChI=1S/C8H10N2O4/c9-8(10)7(14)3-1-5(12)6(13)2-4(3)11/h1-2,7,11-14H,(H3,9,10). The van der Waals surface area contributed by atoms with Crippen LogP contribution in [0.25, 0.3) is 0 Å². The molecule has 7 N–H and O–H groups in total. The van der Waals surface area contributed by atoms with E-state index in [1.54, 1.807) is 0 Å². The summed E-state index contributed by atoms with van der Waals surface area (Å²) in [5, 5.41) is 43.5. The van der Waals surface area contributed by atoms with Gasteiger partial charge in [-0.1, -0.05) is 0 Å². The van der Waals surface area contributed by atoms with Crippen LogP contribution in [-0.4, -0.2) is 26.3 Å². The number of aromatic hydroxyl groups is 3. The van der Waals surface area contributed by atoms with Gasteiger partial charge in [-0.15, -0.1) is 0 Å². The van der Waals surface area contributed by atoms with Crippen LogP contribution in [0.15, 0.2) is 12.1 Å². The predicted molar refractivity (Wildman–Crippen MR) is 48.3 cm³/mol. The summed E-state index contributed by atoms with van der Waals surface area (Å²) in [6.07, 6.45) is -1.50. The maximum atomic E-state index is 9.29. The average molecular weight is 198 g/mol. The molecule has 1 rings (SSSR count). The molecule has 0 aromatic heterocycles. The van der Waals surface area contributed by atoms with Gasteiger partial charge < -0.3 is 26.2 Å². The number of rotatable bonds is 2. The SMILES string of the molecule is N=C(N)C(O)c1cc(O)c(O)cc1O. The van der Waals surface area contributed by atoms with Crippen LogP contribution >= 0.6 is 0 Å². The summed E-state index contributed by atoms with van der Waals surface area (Å²) in [6, 6.07) is 1.80. The van der Waals surface area contributed by atoms with Crippen molar-refractivity contribution in [1.29, 1.82) is 5.41 Å². The third kappa shape index (κ3) is 1.69. The lowest BCUT2D eigenvalue weighted by molar-refractivity contribution is 0.238. The Morgan fingerprint density at radius 1 is 1.14 bits per heavy atom. The molecule has 0 aliphatic carbocycles. The molecule has 0 saturated carbocycles. The van der Waals surface area contributed by atoms with Crippen LogP contribution in [0, 0.1) is 5.41 Å². The first-order valence-corrected chi connectivity index (χ1v) is 3.70. The fraction of sp³-hybridized carbons (Fsp3) is 0.125. The lowest BCUT2D eigenvalue weighted by Crippen LogP contribution is -2.20. The van der Waals surface area contributed by atoms with Crippen molar-refractivity contribution in [2.75, 3.05) is 0 Å². The zero-order valence-electron chi connectivity index (χ0n) is 7.10. The highest BCUT2D eigenvalue weighted by atomic mass is 16.3. The lowest BCUT2D eigenvalue weighted by atomic mass is 10.1. The van der Waals surface area contributed by atoms with Crippen LogP contribution in [-0.2, 0) is 0 Å². The zero-order chi connectivity index (χ0) is 10.9. The van der Waals surface area contributed by atoms with Gasteiger partial charge in [0.2, 0.25) is 0 Å². The largest absolute Gasteiger partial charge is 0.507 e. The van der Waals surface area contributed by atoms with Gasteiger partial charge in [-0.2, -0.15) is 0 Å². The van der Waals surface area contributed by atoms with Gasteiger partial charge in [0.1, 0.15) is 17.7 Å². The monoisotopic (exact) mass is 198 g/mol. The average Bonchev–Trinajstić information content (AvgIpc) is 2.10. The van der Waals surface area contributed by atoms with Crippen LogP contribution in [0.5, 0.6) is 17.2 Å². The second-order valence-electron chi connectivity index (χ2n) is 2.76. The van der Waals surface area contributed by atoms with Crippen LogP contribution in [0.4, 0.5) is 0 Å². The number of benzene rings is 1. The van der Waals surface area contributed by atoms with Gasteiger partial charge >= 0.3 is 0 Å². The van der Waals surface area contributed by atoms with E-state index in [1.165, 1.54) is 0 Å². The summed E-state index contributed by atoms with van der Waals surface area (Å²) in [5.74, 6) is -2.02. The van der Waals surface area contributed by atoms with Crippen molar-refractivity contribution in [3.8, 4) is 17.2 Å². The van der Waals surface area contributed by atoms with Crippen molar-refractivity contribution in [3.05, 3.63) is 17.7 Å². The quantitative estimate of drug-likeness (QED) is 0.169. The van der Waals surface area contributed by atoms with Gasteiger partial charge in [-0.05, 0) is 6.07 Å². The number of nitrogens with two attached hydrogens (primary N) is 1. The first-order valence-electron chi connectivity index (χ1n) is 3.70. The molecule has 1 unspecified atom stereocenters. The first kappa shape index (κ1) is 10.1. The molecule has 6 nitrogen and oxygen atoms in total. The number of aliphatic hydroxyl groups is 1. The molecule has 0 aliphatic rings. The molecule has 0 radical (unpaired) electrons. The lowest BCUT2D eigenvalue weighted by Gasteiger charge is -2.11. The fourth-order valence-electron chi connectivity index (χ4n) is 0.968. The Hall–Kier alpha value is -1.95. The number of amidine groups is 1. The Morgan fingerprint density at radius 2 is 1.64 bits per heavy atom. The number of hydrogen-bond donors (Lipinski definition) is 6. The molecule has 0 heterocycles. The molecule has 0 amide bonds. The first-order chi connectivity index (χ1) is 6.43. The van der Waals surface area contributed by atoms with Gasteiger partial charge in [-0.3, -0.25) is 5.41 Å².